The number of rotatable bonds is 22. The molecule has 1 aromatic carbocycles. The van der Waals surface area contributed by atoms with Gasteiger partial charge in [-0.2, -0.15) is 0 Å². The Kier molecular flexibility index (Phi) is 17.3. The van der Waals surface area contributed by atoms with Crippen molar-refractivity contribution in [3.05, 3.63) is 34.9 Å². The van der Waals surface area contributed by atoms with Gasteiger partial charge in [-0.1, -0.05) is 72.6 Å². The van der Waals surface area contributed by atoms with Gasteiger partial charge in [0.05, 0.1) is 19.8 Å². The van der Waals surface area contributed by atoms with E-state index < -0.39 is 29.2 Å². The van der Waals surface area contributed by atoms with Crippen molar-refractivity contribution in [2.75, 3.05) is 19.8 Å². The Balaban J connectivity index is 2.95. The summed E-state index contributed by atoms with van der Waals surface area (Å²) in [4.78, 5) is 0. The summed E-state index contributed by atoms with van der Waals surface area (Å²) in [6, 6.07) is 0.755. The Bertz CT molecular complexity index is 692. The van der Waals surface area contributed by atoms with E-state index in [2.05, 4.69) is 6.92 Å². The van der Waals surface area contributed by atoms with E-state index in [4.69, 9.17) is 14.2 Å². The summed E-state index contributed by atoms with van der Waals surface area (Å²) in [5.41, 5.74) is -0.142. The molecule has 7 heteroatoms. The van der Waals surface area contributed by atoms with Crippen LogP contribution in [0.2, 0.25) is 0 Å². The Labute approximate surface area is 216 Å². The second kappa shape index (κ2) is 19.0. The van der Waals surface area contributed by atoms with Crippen LogP contribution >= 0.6 is 0 Å². The summed E-state index contributed by atoms with van der Waals surface area (Å²) in [6.07, 6.45) is 12.4. The summed E-state index contributed by atoms with van der Waals surface area (Å²) < 4.78 is 73.4. The maximum Gasteiger partial charge on any atom is 0.285 e. The van der Waals surface area contributed by atoms with Crippen molar-refractivity contribution in [3.8, 4) is 0 Å². The zero-order chi connectivity index (χ0) is 26.8. The molecule has 1 aromatic rings. The third-order valence-corrected chi connectivity index (χ3v) is 6.35. The number of benzene rings is 1. The first-order chi connectivity index (χ1) is 17.4. The molecule has 0 saturated carbocycles. The lowest BCUT2D eigenvalue weighted by Crippen LogP contribution is -2.47. The molecule has 0 saturated heterocycles. The van der Waals surface area contributed by atoms with Crippen LogP contribution in [0, 0.1) is 29.2 Å². The van der Waals surface area contributed by atoms with Gasteiger partial charge in [0.15, 0.2) is 23.3 Å². The van der Waals surface area contributed by atoms with Gasteiger partial charge in [0, 0.05) is 5.92 Å². The summed E-state index contributed by atoms with van der Waals surface area (Å²) in [6.45, 7) is 9.87. The monoisotopic (exact) mass is 520 g/mol. The molecule has 0 amide bonds. The fraction of sp³-hybridized carbons (Fsp3) is 0.793. The summed E-state index contributed by atoms with van der Waals surface area (Å²) in [5, 5.41) is 0. The molecule has 0 aliphatic carbocycles. The Morgan fingerprint density at radius 2 is 1.11 bits per heavy atom. The summed E-state index contributed by atoms with van der Waals surface area (Å²) in [7, 11) is 0. The van der Waals surface area contributed by atoms with Crippen LogP contribution in [0.3, 0.4) is 0 Å². The van der Waals surface area contributed by atoms with E-state index in [9.17, 15) is 17.6 Å². The van der Waals surface area contributed by atoms with E-state index in [1.807, 2.05) is 20.8 Å². The largest absolute Gasteiger partial charge is 0.327 e. The van der Waals surface area contributed by atoms with Gasteiger partial charge in [0.25, 0.3) is 5.97 Å². The minimum Gasteiger partial charge on any atom is -0.327 e. The standard InChI is InChI=1S/C29H48F4O3/c1-5-9-10-11-12-13-17-24(29(34-19-6-2,35-20-7-3)36-21-8-4)18-15-14-16-23-22-25(30)27(32)28(33)26(23)31/h22,24H,5-21H2,1-4H3. The third kappa shape index (κ3) is 11.1. The predicted octanol–water partition coefficient (Wildman–Crippen LogP) is 9.26. The van der Waals surface area contributed by atoms with E-state index in [-0.39, 0.29) is 17.9 Å². The maximum absolute atomic E-state index is 14.1. The van der Waals surface area contributed by atoms with Crippen LogP contribution in [0.4, 0.5) is 17.6 Å². The van der Waals surface area contributed by atoms with Crippen molar-refractivity contribution in [1.82, 2.24) is 0 Å². The third-order valence-electron chi connectivity index (χ3n) is 6.35. The Morgan fingerprint density at radius 1 is 0.611 bits per heavy atom. The zero-order valence-corrected chi connectivity index (χ0v) is 22.9. The normalized spacial score (nSPS) is 12.9. The lowest BCUT2D eigenvalue weighted by Gasteiger charge is -2.40. The van der Waals surface area contributed by atoms with E-state index in [1.54, 1.807) is 0 Å². The van der Waals surface area contributed by atoms with Crippen LogP contribution in [0.25, 0.3) is 0 Å². The minimum absolute atomic E-state index is 0.0279. The van der Waals surface area contributed by atoms with Gasteiger partial charge in [-0.3, -0.25) is 0 Å². The molecule has 0 spiro atoms. The molecule has 0 bridgehead atoms. The quantitative estimate of drug-likeness (QED) is 0.0501. The second-order valence-electron chi connectivity index (χ2n) is 9.61. The molecule has 0 aliphatic heterocycles. The first-order valence-electron chi connectivity index (χ1n) is 14.1. The van der Waals surface area contributed by atoms with Crippen LogP contribution in [0.5, 0.6) is 0 Å². The van der Waals surface area contributed by atoms with Crippen LogP contribution < -0.4 is 0 Å². The fourth-order valence-corrected chi connectivity index (χ4v) is 4.39. The molecule has 0 heterocycles. The van der Waals surface area contributed by atoms with Gasteiger partial charge < -0.3 is 14.2 Å². The lowest BCUT2D eigenvalue weighted by molar-refractivity contribution is -0.406. The average Bonchev–Trinajstić information content (AvgIpc) is 2.88. The van der Waals surface area contributed by atoms with Crippen LogP contribution in [0.1, 0.15) is 117 Å². The lowest BCUT2D eigenvalue weighted by atomic mass is 9.91. The smallest absolute Gasteiger partial charge is 0.285 e. The second-order valence-corrected chi connectivity index (χ2v) is 9.61. The SMILES string of the molecule is CCCCCCCCC(CCCCc1cc(F)c(F)c(F)c1F)C(OCCC)(OCCC)OCCC. The first kappa shape index (κ1) is 32.8. The van der Waals surface area contributed by atoms with Crippen LogP contribution in [0.15, 0.2) is 6.07 Å². The van der Waals surface area contributed by atoms with E-state index in [1.165, 1.54) is 25.7 Å². The van der Waals surface area contributed by atoms with E-state index >= 15 is 0 Å². The number of unbranched alkanes of at least 4 members (excludes halogenated alkanes) is 6. The summed E-state index contributed by atoms with van der Waals surface area (Å²) in [5.74, 6) is -7.36. The van der Waals surface area contributed by atoms with Crippen molar-refractivity contribution in [2.45, 2.75) is 124 Å². The fourth-order valence-electron chi connectivity index (χ4n) is 4.39. The van der Waals surface area contributed by atoms with Crippen molar-refractivity contribution < 1.29 is 31.8 Å². The molecule has 0 fully saturated rings. The number of halogens is 4. The van der Waals surface area contributed by atoms with Gasteiger partial charge in [-0.15, -0.1) is 0 Å². The zero-order valence-electron chi connectivity index (χ0n) is 22.9. The molecular formula is C29H48F4O3. The molecule has 3 nitrogen and oxygen atoms in total. The Hall–Kier alpha value is -1.18. The highest BCUT2D eigenvalue weighted by atomic mass is 19.2. The molecule has 1 atom stereocenters. The average molecular weight is 521 g/mol. The molecular weight excluding hydrogens is 472 g/mol. The molecule has 0 N–H and O–H groups in total. The molecule has 1 rings (SSSR count). The minimum atomic E-state index is -1.77. The van der Waals surface area contributed by atoms with E-state index in [0.29, 0.717) is 39.1 Å². The topological polar surface area (TPSA) is 27.7 Å². The number of aryl methyl sites for hydroxylation is 1. The number of hydrogen-bond donors (Lipinski definition) is 0. The Morgan fingerprint density at radius 3 is 1.64 bits per heavy atom. The van der Waals surface area contributed by atoms with Gasteiger partial charge in [-0.05, 0) is 56.6 Å². The van der Waals surface area contributed by atoms with Crippen molar-refractivity contribution in [1.29, 1.82) is 0 Å². The number of hydrogen-bond acceptors (Lipinski definition) is 3. The van der Waals surface area contributed by atoms with E-state index in [0.717, 1.165) is 44.6 Å². The van der Waals surface area contributed by atoms with Gasteiger partial charge in [0.2, 0.25) is 0 Å². The van der Waals surface area contributed by atoms with Crippen LogP contribution in [-0.2, 0) is 20.6 Å². The molecule has 1 unspecified atom stereocenters. The molecule has 36 heavy (non-hydrogen) atoms. The van der Waals surface area contributed by atoms with Gasteiger partial charge in [-0.25, -0.2) is 17.6 Å². The van der Waals surface area contributed by atoms with Crippen molar-refractivity contribution in [2.24, 2.45) is 5.92 Å². The molecule has 0 radical (unpaired) electrons. The highest BCUT2D eigenvalue weighted by Gasteiger charge is 2.42. The van der Waals surface area contributed by atoms with Crippen molar-refractivity contribution >= 4 is 0 Å². The highest BCUT2D eigenvalue weighted by molar-refractivity contribution is 5.21. The number of ether oxygens (including phenoxy) is 3. The summed E-state index contributed by atoms with van der Waals surface area (Å²) >= 11 is 0. The molecule has 0 aromatic heterocycles. The van der Waals surface area contributed by atoms with Gasteiger partial charge >= 0.3 is 0 Å². The predicted molar refractivity (Wildman–Crippen MR) is 137 cm³/mol. The highest BCUT2D eigenvalue weighted by Crippen LogP contribution is 2.35. The maximum atomic E-state index is 14.1. The molecule has 210 valence electrons. The first-order valence-corrected chi connectivity index (χ1v) is 14.1. The molecule has 0 aliphatic rings. The van der Waals surface area contributed by atoms with Gasteiger partial charge in [0.1, 0.15) is 0 Å². The van der Waals surface area contributed by atoms with Crippen molar-refractivity contribution in [3.63, 3.8) is 0 Å². The van der Waals surface area contributed by atoms with Crippen LogP contribution in [-0.4, -0.2) is 25.8 Å².